The molecule has 4 nitrogen and oxygen atoms in total. The average molecular weight is 207 g/mol. The summed E-state index contributed by atoms with van der Waals surface area (Å²) in [7, 11) is 0. The summed E-state index contributed by atoms with van der Waals surface area (Å²) in [4.78, 5) is 8.45. The van der Waals surface area contributed by atoms with Gasteiger partial charge in [0, 0.05) is 18.3 Å². The minimum Gasteiger partial charge on any atom is -0.478 e. The van der Waals surface area contributed by atoms with Gasteiger partial charge in [0.25, 0.3) is 0 Å². The van der Waals surface area contributed by atoms with Gasteiger partial charge in [-0.05, 0) is 20.8 Å². The van der Waals surface area contributed by atoms with Crippen molar-refractivity contribution in [3.05, 3.63) is 23.9 Å². The van der Waals surface area contributed by atoms with Gasteiger partial charge in [-0.1, -0.05) is 12.2 Å². The van der Waals surface area contributed by atoms with E-state index >= 15 is 0 Å². The van der Waals surface area contributed by atoms with E-state index in [1.807, 2.05) is 26.8 Å². The summed E-state index contributed by atoms with van der Waals surface area (Å²) >= 11 is 0. The number of hydrogen-bond acceptors (Lipinski definition) is 4. The Morgan fingerprint density at radius 2 is 2.27 bits per heavy atom. The summed E-state index contributed by atoms with van der Waals surface area (Å²) in [6.07, 6.45) is 0. The number of rotatable bonds is 5. The lowest BCUT2D eigenvalue weighted by atomic mass is 10.3. The Bertz CT molecular complexity index is 350. The molecule has 0 fully saturated rings. The number of aryl methyl sites for hydroxylation is 1. The summed E-state index contributed by atoms with van der Waals surface area (Å²) in [5.41, 5.74) is 1.93. The van der Waals surface area contributed by atoms with Crippen molar-refractivity contribution in [1.82, 2.24) is 9.97 Å². The molecule has 4 heteroatoms. The number of anilines is 1. The SMILES string of the molecule is C=C(C)CNc1nc(C)cc(OCC)n1. The largest absolute Gasteiger partial charge is 0.478 e. The van der Waals surface area contributed by atoms with Crippen LogP contribution in [-0.2, 0) is 0 Å². The lowest BCUT2D eigenvalue weighted by Crippen LogP contribution is -2.07. The van der Waals surface area contributed by atoms with Crippen LogP contribution in [0.1, 0.15) is 19.5 Å². The van der Waals surface area contributed by atoms with E-state index in [9.17, 15) is 0 Å². The van der Waals surface area contributed by atoms with Crippen LogP contribution in [0.2, 0.25) is 0 Å². The molecule has 1 rings (SSSR count). The normalized spacial score (nSPS) is 9.80. The quantitative estimate of drug-likeness (QED) is 0.752. The molecule has 0 unspecified atom stereocenters. The van der Waals surface area contributed by atoms with Crippen LogP contribution in [0, 0.1) is 6.92 Å². The monoisotopic (exact) mass is 207 g/mol. The molecule has 1 aromatic heterocycles. The molecule has 0 aliphatic rings. The van der Waals surface area contributed by atoms with Gasteiger partial charge in [0.15, 0.2) is 0 Å². The third-order valence-electron chi connectivity index (χ3n) is 1.67. The fraction of sp³-hybridized carbons (Fsp3) is 0.455. The van der Waals surface area contributed by atoms with E-state index in [2.05, 4.69) is 21.9 Å². The van der Waals surface area contributed by atoms with Crippen molar-refractivity contribution >= 4 is 5.95 Å². The van der Waals surface area contributed by atoms with Gasteiger partial charge in [0.2, 0.25) is 11.8 Å². The second-order valence-electron chi connectivity index (χ2n) is 3.41. The maximum Gasteiger partial charge on any atom is 0.226 e. The number of hydrogen-bond donors (Lipinski definition) is 1. The van der Waals surface area contributed by atoms with Crippen LogP contribution < -0.4 is 10.1 Å². The van der Waals surface area contributed by atoms with Gasteiger partial charge in [-0.15, -0.1) is 0 Å². The van der Waals surface area contributed by atoms with Gasteiger partial charge >= 0.3 is 0 Å². The second kappa shape index (κ2) is 5.34. The van der Waals surface area contributed by atoms with E-state index < -0.39 is 0 Å². The van der Waals surface area contributed by atoms with Gasteiger partial charge in [0.1, 0.15) is 0 Å². The topological polar surface area (TPSA) is 47.0 Å². The molecule has 0 atom stereocenters. The van der Waals surface area contributed by atoms with E-state index in [1.54, 1.807) is 0 Å². The number of nitrogens with zero attached hydrogens (tertiary/aromatic N) is 2. The van der Waals surface area contributed by atoms with Crippen molar-refractivity contribution < 1.29 is 4.74 Å². The standard InChI is InChI=1S/C11H17N3O/c1-5-15-10-6-9(4)13-11(14-10)12-7-8(2)3/h6H,2,5,7H2,1,3-4H3,(H,12,13,14). The predicted octanol–water partition coefficient (Wildman–Crippen LogP) is 2.17. The lowest BCUT2D eigenvalue weighted by Gasteiger charge is -2.07. The molecule has 15 heavy (non-hydrogen) atoms. The first kappa shape index (κ1) is 11.5. The van der Waals surface area contributed by atoms with Crippen molar-refractivity contribution in [2.45, 2.75) is 20.8 Å². The molecule has 0 amide bonds. The van der Waals surface area contributed by atoms with Crippen LogP contribution in [0.5, 0.6) is 5.88 Å². The maximum absolute atomic E-state index is 5.32. The Hall–Kier alpha value is -1.58. The maximum atomic E-state index is 5.32. The van der Waals surface area contributed by atoms with Gasteiger partial charge in [-0.2, -0.15) is 4.98 Å². The first-order valence-corrected chi connectivity index (χ1v) is 4.98. The smallest absolute Gasteiger partial charge is 0.226 e. The number of aromatic nitrogens is 2. The van der Waals surface area contributed by atoms with Crippen molar-refractivity contribution in [2.75, 3.05) is 18.5 Å². The molecular weight excluding hydrogens is 190 g/mol. The van der Waals surface area contributed by atoms with Gasteiger partial charge in [-0.3, -0.25) is 0 Å². The van der Waals surface area contributed by atoms with E-state index in [0.29, 0.717) is 25.0 Å². The molecule has 0 aliphatic heterocycles. The minimum absolute atomic E-state index is 0.585. The van der Waals surface area contributed by atoms with Gasteiger partial charge in [0.05, 0.1) is 6.61 Å². The highest BCUT2D eigenvalue weighted by Crippen LogP contribution is 2.11. The van der Waals surface area contributed by atoms with Gasteiger partial charge < -0.3 is 10.1 Å². The number of nitrogens with one attached hydrogen (secondary N) is 1. The first-order valence-electron chi connectivity index (χ1n) is 4.98. The lowest BCUT2D eigenvalue weighted by molar-refractivity contribution is 0.326. The van der Waals surface area contributed by atoms with Crippen molar-refractivity contribution in [3.8, 4) is 5.88 Å². The Kier molecular flexibility index (Phi) is 4.09. The zero-order valence-electron chi connectivity index (χ0n) is 9.50. The molecule has 0 spiro atoms. The Morgan fingerprint density at radius 3 is 2.87 bits per heavy atom. The Labute approximate surface area is 90.4 Å². The molecule has 1 aromatic rings. The summed E-state index contributed by atoms with van der Waals surface area (Å²) in [6.45, 7) is 10.9. The fourth-order valence-electron chi connectivity index (χ4n) is 1.07. The van der Waals surface area contributed by atoms with Crippen molar-refractivity contribution in [3.63, 3.8) is 0 Å². The summed E-state index contributed by atoms with van der Waals surface area (Å²) in [5, 5.41) is 3.08. The van der Waals surface area contributed by atoms with Gasteiger partial charge in [-0.25, -0.2) is 4.98 Å². The zero-order valence-corrected chi connectivity index (χ0v) is 9.50. The molecule has 1 heterocycles. The Balaban J connectivity index is 2.74. The third kappa shape index (κ3) is 3.97. The molecule has 0 aliphatic carbocycles. The van der Waals surface area contributed by atoms with E-state index in [-0.39, 0.29) is 0 Å². The molecule has 0 saturated carbocycles. The molecular formula is C11H17N3O. The Morgan fingerprint density at radius 1 is 1.53 bits per heavy atom. The van der Waals surface area contributed by atoms with E-state index in [0.717, 1.165) is 11.3 Å². The predicted molar refractivity (Wildman–Crippen MR) is 61.2 cm³/mol. The first-order chi connectivity index (χ1) is 7.11. The highest BCUT2D eigenvalue weighted by atomic mass is 16.5. The van der Waals surface area contributed by atoms with Crippen molar-refractivity contribution in [1.29, 1.82) is 0 Å². The van der Waals surface area contributed by atoms with Crippen LogP contribution in [0.25, 0.3) is 0 Å². The average Bonchev–Trinajstić information content (AvgIpc) is 2.14. The fourth-order valence-corrected chi connectivity index (χ4v) is 1.07. The van der Waals surface area contributed by atoms with Crippen LogP contribution in [0.4, 0.5) is 5.95 Å². The highest BCUT2D eigenvalue weighted by molar-refractivity contribution is 5.31. The van der Waals surface area contributed by atoms with Crippen LogP contribution >= 0.6 is 0 Å². The molecule has 0 saturated heterocycles. The molecule has 0 bridgehead atoms. The summed E-state index contributed by atoms with van der Waals surface area (Å²) < 4.78 is 5.32. The van der Waals surface area contributed by atoms with E-state index in [1.165, 1.54) is 0 Å². The summed E-state index contributed by atoms with van der Waals surface area (Å²) in [6, 6.07) is 1.81. The summed E-state index contributed by atoms with van der Waals surface area (Å²) in [5.74, 6) is 1.19. The molecule has 1 N–H and O–H groups in total. The van der Waals surface area contributed by atoms with Crippen LogP contribution in [-0.4, -0.2) is 23.1 Å². The second-order valence-corrected chi connectivity index (χ2v) is 3.41. The van der Waals surface area contributed by atoms with Crippen LogP contribution in [0.15, 0.2) is 18.2 Å². The third-order valence-corrected chi connectivity index (χ3v) is 1.67. The van der Waals surface area contributed by atoms with Crippen molar-refractivity contribution in [2.24, 2.45) is 0 Å². The highest BCUT2D eigenvalue weighted by Gasteiger charge is 2.01. The van der Waals surface area contributed by atoms with E-state index in [4.69, 9.17) is 4.74 Å². The molecule has 0 radical (unpaired) electrons. The zero-order chi connectivity index (χ0) is 11.3. The molecule has 82 valence electrons. The number of ether oxygens (including phenoxy) is 1. The van der Waals surface area contributed by atoms with Crippen LogP contribution in [0.3, 0.4) is 0 Å². The molecule has 0 aromatic carbocycles. The minimum atomic E-state index is 0.585.